The van der Waals surface area contributed by atoms with Gasteiger partial charge in [-0.25, -0.2) is 4.99 Å². The van der Waals surface area contributed by atoms with E-state index in [0.29, 0.717) is 18.4 Å². The van der Waals surface area contributed by atoms with Gasteiger partial charge in [0.05, 0.1) is 18.2 Å². The molecule has 3 aromatic rings. The van der Waals surface area contributed by atoms with E-state index in [1.807, 2.05) is 65.6 Å². The summed E-state index contributed by atoms with van der Waals surface area (Å²) in [7, 11) is 0. The molecule has 1 aliphatic carbocycles. The molecule has 6 nitrogen and oxygen atoms in total. The minimum Gasteiger partial charge on any atom is -0.485 e. The van der Waals surface area contributed by atoms with E-state index >= 15 is 0 Å². The maximum atomic E-state index is 11.8. The zero-order valence-electron chi connectivity index (χ0n) is 24.0. The van der Waals surface area contributed by atoms with Crippen LogP contribution < -0.4 is 9.64 Å². The highest BCUT2D eigenvalue weighted by atomic mass is 16.5. The number of hydrogen-bond donors (Lipinski definition) is 2. The summed E-state index contributed by atoms with van der Waals surface area (Å²) in [5.41, 5.74) is 5.87. The van der Waals surface area contributed by atoms with Gasteiger partial charge in [-0.3, -0.25) is 4.90 Å². The van der Waals surface area contributed by atoms with Crippen molar-refractivity contribution in [3.63, 3.8) is 0 Å². The Bertz CT molecular complexity index is 1450. The Morgan fingerprint density at radius 2 is 1.71 bits per heavy atom. The number of allylic oxidation sites excluding steroid dienone is 1. The first-order valence-electron chi connectivity index (χ1n) is 14.8. The molecule has 2 N–H and O–H groups in total. The van der Waals surface area contributed by atoms with Crippen LogP contribution in [0.25, 0.3) is 11.1 Å². The van der Waals surface area contributed by atoms with Gasteiger partial charge in [-0.15, -0.1) is 0 Å². The third kappa shape index (κ3) is 6.07. The predicted molar refractivity (Wildman–Crippen MR) is 164 cm³/mol. The van der Waals surface area contributed by atoms with Gasteiger partial charge < -0.3 is 14.9 Å². The van der Waals surface area contributed by atoms with Crippen LogP contribution in [0.15, 0.2) is 89.1 Å². The Morgan fingerprint density at radius 1 is 1.00 bits per heavy atom. The topological polar surface area (TPSA) is 89.1 Å². The molecule has 6 heteroatoms. The molecule has 5 rings (SSSR count). The number of nitrogens with zero attached hydrogens (tertiary/aromatic N) is 3. The molecule has 41 heavy (non-hydrogen) atoms. The second kappa shape index (κ2) is 12.7. The van der Waals surface area contributed by atoms with E-state index in [4.69, 9.17) is 9.73 Å². The minimum atomic E-state index is -0.839. The Labute approximate surface area is 243 Å². The van der Waals surface area contributed by atoms with Gasteiger partial charge in [0, 0.05) is 23.4 Å². The Balaban J connectivity index is 1.40. The van der Waals surface area contributed by atoms with Crippen molar-refractivity contribution < 1.29 is 14.9 Å². The third-order valence-corrected chi connectivity index (χ3v) is 8.23. The maximum Gasteiger partial charge on any atom is 0.156 e. The third-order valence-electron chi connectivity index (χ3n) is 8.23. The van der Waals surface area contributed by atoms with Crippen LogP contribution in [0.2, 0.25) is 0 Å². The van der Waals surface area contributed by atoms with Gasteiger partial charge in [-0.1, -0.05) is 62.7 Å². The van der Waals surface area contributed by atoms with Crippen molar-refractivity contribution in [1.29, 1.82) is 5.26 Å². The number of rotatable bonds is 10. The van der Waals surface area contributed by atoms with Gasteiger partial charge in [0.25, 0.3) is 0 Å². The van der Waals surface area contributed by atoms with Crippen molar-refractivity contribution in [2.75, 3.05) is 11.5 Å². The average molecular weight is 550 g/mol. The number of benzene rings is 3. The molecule has 1 atom stereocenters. The molecule has 0 aromatic heterocycles. The predicted octanol–water partition coefficient (Wildman–Crippen LogP) is 7.15. The average Bonchev–Trinajstić information content (AvgIpc) is 3.48. The zero-order valence-corrected chi connectivity index (χ0v) is 24.0. The van der Waals surface area contributed by atoms with Crippen LogP contribution in [0.3, 0.4) is 0 Å². The summed E-state index contributed by atoms with van der Waals surface area (Å²) in [6.07, 6.45) is 6.03. The molecular weight excluding hydrogens is 510 g/mol. The van der Waals surface area contributed by atoms with Crippen molar-refractivity contribution >= 4 is 11.5 Å². The number of amidine groups is 1. The molecule has 1 heterocycles. The van der Waals surface area contributed by atoms with Crippen molar-refractivity contribution in [1.82, 2.24) is 0 Å². The molecule has 0 spiro atoms. The van der Waals surface area contributed by atoms with Gasteiger partial charge in [0.1, 0.15) is 17.2 Å². The number of hydrogen-bond acceptors (Lipinski definition) is 6. The van der Waals surface area contributed by atoms with Crippen LogP contribution in [0.5, 0.6) is 5.75 Å². The fourth-order valence-electron chi connectivity index (χ4n) is 6.00. The van der Waals surface area contributed by atoms with Gasteiger partial charge in [-0.05, 0) is 85.5 Å². The molecule has 0 amide bonds. The second-order valence-corrected chi connectivity index (χ2v) is 11.0. The largest absolute Gasteiger partial charge is 0.485 e. The lowest BCUT2D eigenvalue weighted by Gasteiger charge is -2.37. The van der Waals surface area contributed by atoms with Crippen molar-refractivity contribution in [3.8, 4) is 22.9 Å². The summed E-state index contributed by atoms with van der Waals surface area (Å²) in [5.74, 6) is 1.57. The van der Waals surface area contributed by atoms with Gasteiger partial charge in [0.2, 0.25) is 0 Å². The summed E-state index contributed by atoms with van der Waals surface area (Å²) in [5, 5.41) is 31.3. The van der Waals surface area contributed by atoms with Gasteiger partial charge in [0.15, 0.2) is 6.23 Å². The second-order valence-electron chi connectivity index (χ2n) is 11.0. The minimum absolute atomic E-state index is 0.0202. The van der Waals surface area contributed by atoms with Gasteiger partial charge >= 0.3 is 0 Å². The molecular formula is C35H39N3O3. The Morgan fingerprint density at radius 3 is 2.34 bits per heavy atom. The highest BCUT2D eigenvalue weighted by Crippen LogP contribution is 2.36. The van der Waals surface area contributed by atoms with E-state index in [-0.39, 0.29) is 6.61 Å². The van der Waals surface area contributed by atoms with Crippen molar-refractivity contribution in [3.05, 3.63) is 95.2 Å². The molecule has 3 aromatic carbocycles. The monoisotopic (exact) mass is 549 g/mol. The molecule has 0 bridgehead atoms. The smallest absolute Gasteiger partial charge is 0.156 e. The quantitative estimate of drug-likeness (QED) is 0.280. The highest BCUT2D eigenvalue weighted by Gasteiger charge is 2.36. The number of aliphatic hydroxyl groups excluding tert-OH is 2. The fraction of sp³-hybridized carbons (Fsp3) is 0.371. The molecule has 2 aliphatic rings. The molecule has 1 fully saturated rings. The molecule has 212 valence electrons. The number of ether oxygens (including phenoxy) is 1. The van der Waals surface area contributed by atoms with Crippen LogP contribution in [-0.2, 0) is 6.42 Å². The van der Waals surface area contributed by atoms with E-state index in [1.165, 1.54) is 0 Å². The fourth-order valence-corrected chi connectivity index (χ4v) is 6.00. The summed E-state index contributed by atoms with van der Waals surface area (Å²) in [6, 6.07) is 25.9. The van der Waals surface area contributed by atoms with E-state index in [9.17, 15) is 15.5 Å². The number of nitriles is 1. The van der Waals surface area contributed by atoms with E-state index in [1.54, 1.807) is 0 Å². The molecule has 1 unspecified atom stereocenters. The highest BCUT2D eigenvalue weighted by molar-refractivity contribution is 6.00. The van der Waals surface area contributed by atoms with Crippen LogP contribution in [-0.4, -0.2) is 34.5 Å². The van der Waals surface area contributed by atoms with E-state index in [2.05, 4.69) is 32.0 Å². The Kier molecular flexibility index (Phi) is 8.87. The summed E-state index contributed by atoms with van der Waals surface area (Å²) < 4.78 is 6.25. The zero-order chi connectivity index (χ0) is 28.8. The molecule has 0 saturated heterocycles. The van der Waals surface area contributed by atoms with Crippen LogP contribution in [0.4, 0.5) is 5.69 Å². The van der Waals surface area contributed by atoms with Crippen molar-refractivity contribution in [2.45, 2.75) is 77.0 Å². The van der Waals surface area contributed by atoms with Crippen LogP contribution in [0.1, 0.15) is 69.9 Å². The first-order valence-corrected chi connectivity index (χ1v) is 14.8. The normalized spacial score (nSPS) is 18.3. The SMILES string of the molecule is CCCC1=C(Cc2ccc(-c3ccccc3C#N)cc2)C(O)N(c2ccc(OC3(CO)CCCC3)cc2)C(CC)=N1. The summed E-state index contributed by atoms with van der Waals surface area (Å²) >= 11 is 0. The van der Waals surface area contributed by atoms with E-state index < -0.39 is 11.8 Å². The lowest BCUT2D eigenvalue weighted by molar-refractivity contribution is 0.0152. The lowest BCUT2D eigenvalue weighted by Crippen LogP contribution is -2.45. The lowest BCUT2D eigenvalue weighted by atomic mass is 9.94. The number of anilines is 1. The van der Waals surface area contributed by atoms with Crippen molar-refractivity contribution in [2.24, 2.45) is 4.99 Å². The standard InChI is InChI=1S/C35H39N3O3/c1-3-9-32-31(22-25-12-14-26(15-13-25)30-11-6-5-10-27(30)23-36)34(40)38(33(4-2)37-32)28-16-18-29(19-17-28)41-35(24-39)20-7-8-21-35/h5-6,10-19,34,39-40H,3-4,7-9,20-22,24H2,1-2H3. The van der Waals surface area contributed by atoms with Crippen LogP contribution in [0, 0.1) is 11.3 Å². The molecule has 0 radical (unpaired) electrons. The Hall–Kier alpha value is -3.92. The van der Waals surface area contributed by atoms with Gasteiger partial charge in [-0.2, -0.15) is 5.26 Å². The molecule has 1 saturated carbocycles. The first kappa shape index (κ1) is 28.6. The maximum absolute atomic E-state index is 11.8. The number of aliphatic hydroxyl groups is 2. The van der Waals surface area contributed by atoms with E-state index in [0.717, 1.165) is 83.8 Å². The first-order chi connectivity index (χ1) is 20.0. The van der Waals surface area contributed by atoms with Crippen LogP contribution >= 0.6 is 0 Å². The number of aliphatic imine (C=N–C) groups is 1. The summed E-state index contributed by atoms with van der Waals surface area (Å²) in [6.45, 7) is 4.22. The molecule has 1 aliphatic heterocycles. The summed E-state index contributed by atoms with van der Waals surface area (Å²) in [4.78, 5) is 6.98.